The average molecular weight is 236 g/mol. The molecule has 0 aromatic carbocycles. The van der Waals surface area contributed by atoms with Crippen LogP contribution in [0.2, 0.25) is 0 Å². The fourth-order valence-corrected chi connectivity index (χ4v) is 4.10. The first-order valence-corrected chi connectivity index (χ1v) is 7.23. The molecular weight excluding hydrogens is 216 g/mol. The predicted molar refractivity (Wildman–Crippen MR) is 67.9 cm³/mol. The van der Waals surface area contributed by atoms with E-state index in [1.165, 1.54) is 49.2 Å². The maximum Gasteiger partial charge on any atom is 0.113 e. The van der Waals surface area contributed by atoms with Gasteiger partial charge in [-0.05, 0) is 58.4 Å². The number of nitrogens with zero attached hydrogens (tertiary/aromatic N) is 1. The Hall–Kier alpha value is -0.410. The molecule has 88 valence electrons. The van der Waals surface area contributed by atoms with Crippen LogP contribution in [0.5, 0.6) is 0 Å². The molecule has 0 amide bonds. The van der Waals surface area contributed by atoms with Gasteiger partial charge in [0.1, 0.15) is 5.01 Å². The van der Waals surface area contributed by atoms with Crippen molar-refractivity contribution in [3.05, 3.63) is 15.6 Å². The first-order chi connectivity index (χ1) is 7.74. The van der Waals surface area contributed by atoms with Crippen LogP contribution in [0.25, 0.3) is 0 Å². The van der Waals surface area contributed by atoms with E-state index in [1.807, 2.05) is 11.3 Å². The van der Waals surface area contributed by atoms with Crippen LogP contribution in [0, 0.1) is 5.92 Å². The van der Waals surface area contributed by atoms with Gasteiger partial charge in [0.25, 0.3) is 0 Å². The van der Waals surface area contributed by atoms with Gasteiger partial charge in [0.15, 0.2) is 0 Å². The summed E-state index contributed by atoms with van der Waals surface area (Å²) in [5.41, 5.74) is 1.54. The highest BCUT2D eigenvalue weighted by Gasteiger charge is 2.44. The number of rotatable bonds is 3. The highest BCUT2D eigenvalue weighted by molar-refractivity contribution is 7.11. The minimum atomic E-state index is 0.141. The number of hydrogen-bond donors (Lipinski definition) is 1. The van der Waals surface area contributed by atoms with Crippen LogP contribution >= 0.6 is 11.3 Å². The van der Waals surface area contributed by atoms with Crippen molar-refractivity contribution < 1.29 is 0 Å². The Morgan fingerprint density at radius 3 is 2.69 bits per heavy atom. The molecule has 0 aliphatic heterocycles. The van der Waals surface area contributed by atoms with E-state index in [2.05, 4.69) is 19.3 Å². The molecule has 1 unspecified atom stereocenters. The van der Waals surface area contributed by atoms with Gasteiger partial charge in [0, 0.05) is 4.88 Å². The summed E-state index contributed by atoms with van der Waals surface area (Å²) >= 11 is 1.96. The Morgan fingerprint density at radius 1 is 1.31 bits per heavy atom. The lowest BCUT2D eigenvalue weighted by atomic mass is 9.97. The summed E-state index contributed by atoms with van der Waals surface area (Å²) in [5, 5.41) is 4.85. The zero-order chi connectivity index (χ0) is 11.2. The van der Waals surface area contributed by atoms with E-state index in [1.54, 1.807) is 4.88 Å². The summed E-state index contributed by atoms with van der Waals surface area (Å²) < 4.78 is 0. The van der Waals surface area contributed by atoms with Gasteiger partial charge in [-0.1, -0.05) is 0 Å². The van der Waals surface area contributed by atoms with Crippen molar-refractivity contribution >= 4 is 11.3 Å². The number of thiazole rings is 1. The second-order valence-electron chi connectivity index (χ2n) is 5.32. The highest BCUT2D eigenvalue weighted by Crippen LogP contribution is 2.47. The van der Waals surface area contributed by atoms with Crippen LogP contribution in [-0.2, 0) is 18.4 Å². The van der Waals surface area contributed by atoms with Gasteiger partial charge in [-0.3, -0.25) is 0 Å². The Bertz CT molecular complexity index is 371. The van der Waals surface area contributed by atoms with E-state index in [-0.39, 0.29) is 5.54 Å². The van der Waals surface area contributed by atoms with Crippen LogP contribution in [0.15, 0.2) is 0 Å². The Labute approximate surface area is 101 Å². The molecule has 1 N–H and O–H groups in total. The van der Waals surface area contributed by atoms with E-state index in [0.29, 0.717) is 0 Å². The summed E-state index contributed by atoms with van der Waals surface area (Å²) in [4.78, 5) is 6.47. The molecule has 0 radical (unpaired) electrons. The fourth-order valence-electron chi connectivity index (χ4n) is 2.72. The number of aryl methyl sites for hydroxylation is 2. The maximum absolute atomic E-state index is 4.91. The van der Waals surface area contributed by atoms with Crippen molar-refractivity contribution in [2.24, 2.45) is 5.92 Å². The molecule has 2 nitrogen and oxygen atoms in total. The second-order valence-corrected chi connectivity index (χ2v) is 6.41. The molecule has 1 fully saturated rings. The van der Waals surface area contributed by atoms with Crippen molar-refractivity contribution in [1.29, 1.82) is 0 Å². The largest absolute Gasteiger partial charge is 0.308 e. The van der Waals surface area contributed by atoms with Crippen molar-refractivity contribution in [2.45, 2.75) is 51.0 Å². The van der Waals surface area contributed by atoms with E-state index in [0.717, 1.165) is 5.92 Å². The van der Waals surface area contributed by atoms with Gasteiger partial charge in [-0.15, -0.1) is 11.3 Å². The molecule has 3 heteroatoms. The smallest absolute Gasteiger partial charge is 0.113 e. The minimum Gasteiger partial charge on any atom is -0.308 e. The SMILES string of the molecule is CNC(C)(c1nc2c(s1)CCCC2)C1CC1. The summed E-state index contributed by atoms with van der Waals surface area (Å²) in [6.07, 6.45) is 7.88. The quantitative estimate of drug-likeness (QED) is 0.873. The molecule has 3 rings (SSSR count). The summed E-state index contributed by atoms with van der Waals surface area (Å²) in [6, 6.07) is 0. The number of aromatic nitrogens is 1. The van der Waals surface area contributed by atoms with Crippen LogP contribution in [0.4, 0.5) is 0 Å². The molecule has 1 heterocycles. The minimum absolute atomic E-state index is 0.141. The van der Waals surface area contributed by atoms with Crippen LogP contribution < -0.4 is 5.32 Å². The third-order valence-electron chi connectivity index (χ3n) is 4.20. The first-order valence-electron chi connectivity index (χ1n) is 6.42. The summed E-state index contributed by atoms with van der Waals surface area (Å²) in [6.45, 7) is 2.33. The predicted octanol–water partition coefficient (Wildman–Crippen LogP) is 2.87. The van der Waals surface area contributed by atoms with Gasteiger partial charge in [-0.25, -0.2) is 4.98 Å². The Kier molecular flexibility index (Phi) is 2.55. The van der Waals surface area contributed by atoms with Gasteiger partial charge >= 0.3 is 0 Å². The first kappa shape index (κ1) is 10.7. The second kappa shape index (κ2) is 3.81. The molecule has 2 aliphatic rings. The molecule has 1 saturated carbocycles. The highest BCUT2D eigenvalue weighted by atomic mass is 32.1. The summed E-state index contributed by atoms with van der Waals surface area (Å²) in [7, 11) is 2.08. The number of fused-ring (bicyclic) bond motifs is 1. The molecule has 2 aliphatic carbocycles. The monoisotopic (exact) mass is 236 g/mol. The zero-order valence-electron chi connectivity index (χ0n) is 10.2. The van der Waals surface area contributed by atoms with Crippen molar-refractivity contribution in [2.75, 3.05) is 7.05 Å². The lowest BCUT2D eigenvalue weighted by molar-refractivity contribution is 0.344. The standard InChI is InChI=1S/C13H20N2S/c1-13(14-2,9-7-8-9)12-15-10-5-3-4-6-11(10)16-12/h9,14H,3-8H2,1-2H3. The van der Waals surface area contributed by atoms with E-state index in [9.17, 15) is 0 Å². The number of nitrogens with one attached hydrogen (secondary N) is 1. The lowest BCUT2D eigenvalue weighted by Crippen LogP contribution is -2.38. The van der Waals surface area contributed by atoms with Gasteiger partial charge < -0.3 is 5.32 Å². The van der Waals surface area contributed by atoms with Crippen LogP contribution in [0.1, 0.15) is 48.2 Å². The Balaban J connectivity index is 1.95. The van der Waals surface area contributed by atoms with Crippen LogP contribution in [-0.4, -0.2) is 12.0 Å². The Morgan fingerprint density at radius 2 is 2.06 bits per heavy atom. The fraction of sp³-hybridized carbons (Fsp3) is 0.769. The third kappa shape index (κ3) is 1.61. The van der Waals surface area contributed by atoms with Crippen molar-refractivity contribution in [3.8, 4) is 0 Å². The molecule has 16 heavy (non-hydrogen) atoms. The van der Waals surface area contributed by atoms with Gasteiger partial charge in [0.05, 0.1) is 11.2 Å². The van der Waals surface area contributed by atoms with Crippen molar-refractivity contribution in [1.82, 2.24) is 10.3 Å². The van der Waals surface area contributed by atoms with Gasteiger partial charge in [0.2, 0.25) is 0 Å². The third-order valence-corrected chi connectivity index (χ3v) is 5.60. The molecule has 1 aromatic rings. The molecule has 1 atom stereocenters. The molecule has 0 saturated heterocycles. The number of hydrogen-bond acceptors (Lipinski definition) is 3. The summed E-state index contributed by atoms with van der Waals surface area (Å²) in [5.74, 6) is 0.810. The molecule has 0 spiro atoms. The van der Waals surface area contributed by atoms with Crippen LogP contribution in [0.3, 0.4) is 0 Å². The molecule has 0 bridgehead atoms. The van der Waals surface area contributed by atoms with E-state index in [4.69, 9.17) is 4.98 Å². The average Bonchev–Trinajstić information content (AvgIpc) is 3.07. The maximum atomic E-state index is 4.91. The lowest BCUT2D eigenvalue weighted by Gasteiger charge is -2.26. The molecule has 1 aromatic heterocycles. The van der Waals surface area contributed by atoms with Crippen molar-refractivity contribution in [3.63, 3.8) is 0 Å². The van der Waals surface area contributed by atoms with Gasteiger partial charge in [-0.2, -0.15) is 0 Å². The van der Waals surface area contributed by atoms with E-state index >= 15 is 0 Å². The van der Waals surface area contributed by atoms with E-state index < -0.39 is 0 Å². The molecular formula is C13H20N2S. The topological polar surface area (TPSA) is 24.9 Å². The zero-order valence-corrected chi connectivity index (χ0v) is 11.0. The normalized spacial score (nSPS) is 23.9.